The minimum atomic E-state index is -0.906. The van der Waals surface area contributed by atoms with Crippen molar-refractivity contribution in [3.8, 4) is 0 Å². The molecule has 0 radical (unpaired) electrons. The summed E-state index contributed by atoms with van der Waals surface area (Å²) < 4.78 is 0. The first-order chi connectivity index (χ1) is 8.65. The number of halogens is 1. The Labute approximate surface area is 113 Å². The molecule has 0 atom stereocenters. The Balaban J connectivity index is 1.90. The highest BCUT2D eigenvalue weighted by Gasteiger charge is 2.03. The van der Waals surface area contributed by atoms with Crippen LogP contribution in [0.25, 0.3) is 0 Å². The van der Waals surface area contributed by atoms with Crippen molar-refractivity contribution in [2.45, 2.75) is 6.42 Å². The van der Waals surface area contributed by atoms with Gasteiger partial charge >= 0.3 is 5.97 Å². The minimum absolute atomic E-state index is 0.310. The van der Waals surface area contributed by atoms with Crippen LogP contribution < -0.4 is 5.32 Å². The number of hydrogen-bond donors (Lipinski definition) is 2. The van der Waals surface area contributed by atoms with E-state index in [1.807, 2.05) is 6.07 Å². The van der Waals surface area contributed by atoms with Gasteiger partial charge in [0.2, 0.25) is 0 Å². The van der Waals surface area contributed by atoms with E-state index >= 15 is 0 Å². The van der Waals surface area contributed by atoms with Gasteiger partial charge in [0, 0.05) is 11.9 Å². The minimum Gasteiger partial charge on any atom is -0.478 e. The number of anilines is 1. The fourth-order valence-corrected chi connectivity index (χ4v) is 2.38. The van der Waals surface area contributed by atoms with Crippen LogP contribution in [0.2, 0.25) is 5.15 Å². The molecule has 0 saturated heterocycles. The first-order valence-electron chi connectivity index (χ1n) is 5.32. The number of aromatic nitrogens is 1. The Kier molecular flexibility index (Phi) is 4.17. The maximum atomic E-state index is 10.8. The molecule has 0 spiro atoms. The zero-order chi connectivity index (χ0) is 13.0. The molecule has 2 aromatic rings. The number of nitrogens with one attached hydrogen (secondary N) is 1. The predicted octanol–water partition coefficient (Wildman–Crippen LogP) is 3.15. The molecule has 0 fully saturated rings. The van der Waals surface area contributed by atoms with Crippen LogP contribution in [0.4, 0.5) is 5.13 Å². The van der Waals surface area contributed by atoms with Gasteiger partial charge < -0.3 is 10.4 Å². The van der Waals surface area contributed by atoms with Crippen molar-refractivity contribution in [2.24, 2.45) is 0 Å². The number of carboxylic acid groups (broad SMARTS) is 1. The van der Waals surface area contributed by atoms with Crippen molar-refractivity contribution >= 4 is 34.0 Å². The Morgan fingerprint density at radius 2 is 2.33 bits per heavy atom. The van der Waals surface area contributed by atoms with E-state index in [0.717, 1.165) is 17.1 Å². The molecule has 1 heterocycles. The van der Waals surface area contributed by atoms with Crippen LogP contribution in [0.15, 0.2) is 29.6 Å². The monoisotopic (exact) mass is 282 g/mol. The van der Waals surface area contributed by atoms with Crippen LogP contribution >= 0.6 is 22.9 Å². The van der Waals surface area contributed by atoms with Crippen LogP contribution in [0.1, 0.15) is 15.9 Å². The zero-order valence-corrected chi connectivity index (χ0v) is 11.0. The number of rotatable bonds is 5. The average molecular weight is 283 g/mol. The summed E-state index contributed by atoms with van der Waals surface area (Å²) in [5.41, 5.74) is 1.29. The van der Waals surface area contributed by atoms with E-state index in [1.165, 1.54) is 11.3 Å². The number of carbonyl (C=O) groups is 1. The number of carboxylic acids is 1. The molecular formula is C12H11ClN2O2S. The van der Waals surface area contributed by atoms with Crippen LogP contribution in [0, 0.1) is 0 Å². The van der Waals surface area contributed by atoms with E-state index in [4.69, 9.17) is 16.7 Å². The lowest BCUT2D eigenvalue weighted by atomic mass is 10.1. The molecule has 0 bridgehead atoms. The lowest BCUT2D eigenvalue weighted by molar-refractivity contribution is 0.0697. The summed E-state index contributed by atoms with van der Waals surface area (Å²) in [6.07, 6.45) is 0.734. The van der Waals surface area contributed by atoms with Crippen molar-refractivity contribution in [1.29, 1.82) is 0 Å². The number of benzene rings is 1. The summed E-state index contributed by atoms with van der Waals surface area (Å²) in [5.74, 6) is -0.906. The average Bonchev–Trinajstić information content (AvgIpc) is 2.75. The van der Waals surface area contributed by atoms with E-state index in [-0.39, 0.29) is 0 Å². The number of aromatic carboxylic acids is 1. The van der Waals surface area contributed by atoms with Crippen molar-refractivity contribution < 1.29 is 9.90 Å². The van der Waals surface area contributed by atoms with Crippen molar-refractivity contribution in [2.75, 3.05) is 11.9 Å². The third-order valence-electron chi connectivity index (χ3n) is 2.34. The van der Waals surface area contributed by atoms with Gasteiger partial charge in [0.1, 0.15) is 5.15 Å². The fourth-order valence-electron chi connectivity index (χ4n) is 1.51. The summed E-state index contributed by atoms with van der Waals surface area (Å²) in [7, 11) is 0. The summed E-state index contributed by atoms with van der Waals surface area (Å²) in [6, 6.07) is 6.92. The van der Waals surface area contributed by atoms with Crippen molar-refractivity contribution in [3.63, 3.8) is 0 Å². The van der Waals surface area contributed by atoms with E-state index in [9.17, 15) is 4.79 Å². The first-order valence-corrected chi connectivity index (χ1v) is 6.58. The Morgan fingerprint density at radius 1 is 1.50 bits per heavy atom. The molecule has 0 aliphatic rings. The van der Waals surface area contributed by atoms with Gasteiger partial charge in [-0.05, 0) is 24.1 Å². The Hall–Kier alpha value is -1.59. The summed E-state index contributed by atoms with van der Waals surface area (Å²) >= 11 is 7.15. The SMILES string of the molecule is O=C(O)c1cccc(CCNc2nc(Cl)cs2)c1. The van der Waals surface area contributed by atoms with E-state index in [1.54, 1.807) is 23.6 Å². The molecule has 1 aromatic heterocycles. The second kappa shape index (κ2) is 5.84. The third kappa shape index (κ3) is 3.45. The zero-order valence-electron chi connectivity index (χ0n) is 9.39. The van der Waals surface area contributed by atoms with Crippen molar-refractivity contribution in [1.82, 2.24) is 4.98 Å². The van der Waals surface area contributed by atoms with Gasteiger partial charge in [0.15, 0.2) is 5.13 Å². The van der Waals surface area contributed by atoms with Crippen LogP contribution in [-0.4, -0.2) is 22.6 Å². The van der Waals surface area contributed by atoms with Crippen molar-refractivity contribution in [3.05, 3.63) is 45.9 Å². The lowest BCUT2D eigenvalue weighted by Crippen LogP contribution is -2.05. The molecule has 18 heavy (non-hydrogen) atoms. The molecule has 2 N–H and O–H groups in total. The van der Waals surface area contributed by atoms with Crippen LogP contribution in [0.5, 0.6) is 0 Å². The third-order valence-corrected chi connectivity index (χ3v) is 3.46. The van der Waals surface area contributed by atoms with E-state index in [0.29, 0.717) is 17.3 Å². The van der Waals surface area contributed by atoms with E-state index < -0.39 is 5.97 Å². The number of thiazole rings is 1. The van der Waals surface area contributed by atoms with Gasteiger partial charge in [-0.25, -0.2) is 9.78 Å². The van der Waals surface area contributed by atoms with Gasteiger partial charge in [-0.15, -0.1) is 11.3 Å². The van der Waals surface area contributed by atoms with Gasteiger partial charge in [-0.2, -0.15) is 0 Å². The highest BCUT2D eigenvalue weighted by atomic mass is 35.5. The molecule has 94 valence electrons. The molecule has 1 aromatic carbocycles. The molecule has 2 rings (SSSR count). The smallest absolute Gasteiger partial charge is 0.335 e. The predicted molar refractivity (Wildman–Crippen MR) is 72.7 cm³/mol. The summed E-state index contributed by atoms with van der Waals surface area (Å²) in [4.78, 5) is 14.9. The molecule has 4 nitrogen and oxygen atoms in total. The molecule has 0 aliphatic carbocycles. The first kappa shape index (κ1) is 12.9. The summed E-state index contributed by atoms with van der Waals surface area (Å²) in [6.45, 7) is 0.687. The van der Waals surface area contributed by atoms with Crippen LogP contribution in [-0.2, 0) is 6.42 Å². The topological polar surface area (TPSA) is 62.2 Å². The molecule has 0 saturated carbocycles. The van der Waals surface area contributed by atoms with Gasteiger partial charge in [-0.1, -0.05) is 23.7 Å². The van der Waals surface area contributed by atoms with Gasteiger partial charge in [-0.3, -0.25) is 0 Å². The Bertz CT molecular complexity index is 557. The molecular weight excluding hydrogens is 272 g/mol. The van der Waals surface area contributed by atoms with Gasteiger partial charge in [0.25, 0.3) is 0 Å². The quantitative estimate of drug-likeness (QED) is 0.884. The second-order valence-electron chi connectivity index (χ2n) is 3.66. The van der Waals surface area contributed by atoms with E-state index in [2.05, 4.69) is 10.3 Å². The molecule has 0 unspecified atom stereocenters. The van der Waals surface area contributed by atoms with Crippen LogP contribution in [0.3, 0.4) is 0 Å². The normalized spacial score (nSPS) is 10.3. The fraction of sp³-hybridized carbons (Fsp3) is 0.167. The number of nitrogens with zero attached hydrogens (tertiary/aromatic N) is 1. The lowest BCUT2D eigenvalue weighted by Gasteiger charge is -2.04. The maximum Gasteiger partial charge on any atom is 0.335 e. The highest BCUT2D eigenvalue weighted by Crippen LogP contribution is 2.18. The molecule has 0 aliphatic heterocycles. The second-order valence-corrected chi connectivity index (χ2v) is 4.90. The van der Waals surface area contributed by atoms with Gasteiger partial charge in [0.05, 0.1) is 5.56 Å². The maximum absolute atomic E-state index is 10.8. The molecule has 6 heteroatoms. The summed E-state index contributed by atoms with van der Waals surface area (Å²) in [5, 5.41) is 15.0. The Morgan fingerprint density at radius 3 is 3.00 bits per heavy atom. The highest BCUT2D eigenvalue weighted by molar-refractivity contribution is 7.14. The standard InChI is InChI=1S/C12H11ClN2O2S/c13-10-7-18-12(15-10)14-5-4-8-2-1-3-9(6-8)11(16)17/h1-3,6-7H,4-5H2,(H,14,15)(H,16,17). The largest absolute Gasteiger partial charge is 0.478 e. The number of hydrogen-bond acceptors (Lipinski definition) is 4. The molecule has 0 amide bonds.